The molecular formula is C24H24N4O2. The molecule has 4 aromatic rings. The van der Waals surface area contributed by atoms with Gasteiger partial charge in [-0.05, 0) is 55.8 Å². The van der Waals surface area contributed by atoms with Crippen LogP contribution in [0.25, 0.3) is 16.7 Å². The van der Waals surface area contributed by atoms with Gasteiger partial charge in [0.1, 0.15) is 11.3 Å². The highest BCUT2D eigenvalue weighted by Gasteiger charge is 2.26. The Morgan fingerprint density at radius 2 is 2.07 bits per heavy atom. The van der Waals surface area contributed by atoms with Crippen LogP contribution in [0.3, 0.4) is 0 Å². The average Bonchev–Trinajstić information content (AvgIpc) is 3.44. The summed E-state index contributed by atoms with van der Waals surface area (Å²) in [6, 6.07) is 19.8. The minimum absolute atomic E-state index is 0.0310. The number of para-hydroxylation sites is 1. The molecule has 0 aliphatic carbocycles. The molecule has 2 aromatic heterocycles. The summed E-state index contributed by atoms with van der Waals surface area (Å²) in [6.45, 7) is 2.45. The molecule has 1 atom stereocenters. The van der Waals surface area contributed by atoms with E-state index in [9.17, 15) is 4.79 Å². The number of piperidine rings is 1. The van der Waals surface area contributed by atoms with Crippen LogP contribution < -0.4 is 5.32 Å². The average molecular weight is 400 g/mol. The topological polar surface area (TPSA) is 63.3 Å². The second-order valence-electron chi connectivity index (χ2n) is 7.82. The van der Waals surface area contributed by atoms with Gasteiger partial charge in [0, 0.05) is 30.0 Å². The first-order valence-corrected chi connectivity index (χ1v) is 10.4. The van der Waals surface area contributed by atoms with Gasteiger partial charge in [0.05, 0.1) is 18.2 Å². The van der Waals surface area contributed by atoms with Crippen LogP contribution in [0.2, 0.25) is 0 Å². The van der Waals surface area contributed by atoms with Gasteiger partial charge in [-0.2, -0.15) is 5.10 Å². The van der Waals surface area contributed by atoms with Crippen LogP contribution in [-0.4, -0.2) is 33.7 Å². The number of carbonyl (C=O) groups excluding carboxylic acids is 1. The number of nitrogens with zero attached hydrogens (tertiary/aromatic N) is 3. The van der Waals surface area contributed by atoms with Crippen molar-refractivity contribution in [2.45, 2.75) is 19.4 Å². The molecule has 3 heterocycles. The highest BCUT2D eigenvalue weighted by atomic mass is 16.3. The van der Waals surface area contributed by atoms with Crippen LogP contribution >= 0.6 is 0 Å². The molecule has 1 aliphatic rings. The third kappa shape index (κ3) is 4.00. The molecule has 6 nitrogen and oxygen atoms in total. The first-order valence-electron chi connectivity index (χ1n) is 10.4. The molecule has 5 rings (SSSR count). The zero-order valence-electron chi connectivity index (χ0n) is 16.7. The molecule has 0 unspecified atom stereocenters. The molecular weight excluding hydrogens is 376 g/mol. The molecule has 0 spiro atoms. The van der Waals surface area contributed by atoms with E-state index >= 15 is 0 Å². The van der Waals surface area contributed by atoms with Crippen LogP contribution in [0.15, 0.2) is 77.5 Å². The van der Waals surface area contributed by atoms with Crippen LogP contribution in [0.4, 0.5) is 5.69 Å². The summed E-state index contributed by atoms with van der Waals surface area (Å²) in [6.07, 6.45) is 5.54. The van der Waals surface area contributed by atoms with Gasteiger partial charge in [0.2, 0.25) is 5.91 Å². The van der Waals surface area contributed by atoms with E-state index in [0.717, 1.165) is 60.6 Å². The van der Waals surface area contributed by atoms with Crippen molar-refractivity contribution in [3.63, 3.8) is 0 Å². The number of carbonyl (C=O) groups is 1. The van der Waals surface area contributed by atoms with Crippen LogP contribution in [0.1, 0.15) is 18.6 Å². The number of benzene rings is 2. The van der Waals surface area contributed by atoms with E-state index < -0.39 is 0 Å². The third-order valence-electron chi connectivity index (χ3n) is 5.61. The van der Waals surface area contributed by atoms with Gasteiger partial charge in [-0.1, -0.05) is 24.3 Å². The Morgan fingerprint density at radius 3 is 2.93 bits per heavy atom. The Labute approximate surface area is 175 Å². The van der Waals surface area contributed by atoms with Crippen LogP contribution in [0, 0.1) is 5.92 Å². The van der Waals surface area contributed by atoms with Crippen molar-refractivity contribution in [3.05, 3.63) is 78.8 Å². The number of hydrogen-bond donors (Lipinski definition) is 1. The molecule has 1 N–H and O–H groups in total. The maximum Gasteiger partial charge on any atom is 0.228 e. The lowest BCUT2D eigenvalue weighted by Crippen LogP contribution is -2.40. The largest absolute Gasteiger partial charge is 0.460 e. The van der Waals surface area contributed by atoms with E-state index in [0.29, 0.717) is 0 Å². The molecule has 2 aromatic carbocycles. The lowest BCUT2D eigenvalue weighted by Gasteiger charge is -2.31. The molecule has 0 radical (unpaired) electrons. The minimum Gasteiger partial charge on any atom is -0.460 e. The maximum atomic E-state index is 12.9. The van der Waals surface area contributed by atoms with E-state index in [1.165, 1.54) is 0 Å². The normalized spacial score (nSPS) is 17.3. The van der Waals surface area contributed by atoms with Crippen molar-refractivity contribution in [1.29, 1.82) is 0 Å². The van der Waals surface area contributed by atoms with Crippen molar-refractivity contribution < 1.29 is 9.21 Å². The predicted octanol–water partition coefficient (Wildman–Crippen LogP) is 4.47. The molecule has 1 saturated heterocycles. The second-order valence-corrected chi connectivity index (χ2v) is 7.82. The van der Waals surface area contributed by atoms with Crippen LogP contribution in [0.5, 0.6) is 0 Å². The van der Waals surface area contributed by atoms with E-state index in [4.69, 9.17) is 4.42 Å². The molecule has 0 saturated carbocycles. The van der Waals surface area contributed by atoms with Gasteiger partial charge in [-0.15, -0.1) is 0 Å². The Hall–Kier alpha value is -3.38. The summed E-state index contributed by atoms with van der Waals surface area (Å²) in [5.41, 5.74) is 2.63. The molecule has 1 aliphatic heterocycles. The summed E-state index contributed by atoms with van der Waals surface area (Å²) in [5, 5.41) is 8.46. The monoisotopic (exact) mass is 400 g/mol. The fourth-order valence-electron chi connectivity index (χ4n) is 4.14. The molecule has 152 valence electrons. The van der Waals surface area contributed by atoms with Crippen molar-refractivity contribution in [2.75, 3.05) is 18.4 Å². The summed E-state index contributed by atoms with van der Waals surface area (Å²) in [4.78, 5) is 15.2. The number of furan rings is 1. The third-order valence-corrected chi connectivity index (χ3v) is 5.61. The van der Waals surface area contributed by atoms with Crippen molar-refractivity contribution in [2.24, 2.45) is 5.92 Å². The zero-order chi connectivity index (χ0) is 20.3. The summed E-state index contributed by atoms with van der Waals surface area (Å²) in [5.74, 6) is 0.989. The lowest BCUT2D eigenvalue weighted by atomic mass is 9.97. The maximum absolute atomic E-state index is 12.9. The number of rotatable bonds is 5. The molecule has 1 fully saturated rings. The van der Waals surface area contributed by atoms with Gasteiger partial charge in [-0.3, -0.25) is 9.69 Å². The zero-order valence-corrected chi connectivity index (χ0v) is 16.7. The smallest absolute Gasteiger partial charge is 0.228 e. The number of fused-ring (bicyclic) bond motifs is 1. The molecule has 30 heavy (non-hydrogen) atoms. The van der Waals surface area contributed by atoms with E-state index in [1.54, 1.807) is 10.9 Å². The van der Waals surface area contributed by atoms with Gasteiger partial charge in [-0.25, -0.2) is 4.68 Å². The first kappa shape index (κ1) is 18.6. The fraction of sp³-hybridized carbons (Fsp3) is 0.250. The number of likely N-dealkylation sites (tertiary alicyclic amines) is 1. The first-order chi connectivity index (χ1) is 14.7. The van der Waals surface area contributed by atoms with Gasteiger partial charge in [0.25, 0.3) is 0 Å². The predicted molar refractivity (Wildman–Crippen MR) is 116 cm³/mol. The number of aromatic nitrogens is 2. The van der Waals surface area contributed by atoms with Crippen LogP contribution in [-0.2, 0) is 11.3 Å². The quantitative estimate of drug-likeness (QED) is 0.537. The number of amides is 1. The van der Waals surface area contributed by atoms with Gasteiger partial charge >= 0.3 is 0 Å². The van der Waals surface area contributed by atoms with Gasteiger partial charge < -0.3 is 9.73 Å². The van der Waals surface area contributed by atoms with Crippen molar-refractivity contribution in [1.82, 2.24) is 14.7 Å². The summed E-state index contributed by atoms with van der Waals surface area (Å²) >= 11 is 0. The van der Waals surface area contributed by atoms with E-state index in [2.05, 4.69) is 27.4 Å². The highest BCUT2D eigenvalue weighted by Crippen LogP contribution is 2.24. The minimum atomic E-state index is -0.0310. The number of nitrogens with one attached hydrogen (secondary N) is 1. The molecule has 6 heteroatoms. The summed E-state index contributed by atoms with van der Waals surface area (Å²) < 4.78 is 7.74. The number of anilines is 1. The molecule has 1 amide bonds. The summed E-state index contributed by atoms with van der Waals surface area (Å²) in [7, 11) is 0. The fourth-order valence-corrected chi connectivity index (χ4v) is 4.14. The van der Waals surface area contributed by atoms with E-state index in [1.807, 2.05) is 54.7 Å². The Balaban J connectivity index is 1.23. The lowest BCUT2D eigenvalue weighted by molar-refractivity contribution is -0.121. The van der Waals surface area contributed by atoms with E-state index in [-0.39, 0.29) is 11.8 Å². The highest BCUT2D eigenvalue weighted by molar-refractivity contribution is 5.93. The number of hydrogen-bond acceptors (Lipinski definition) is 4. The Kier molecular flexibility index (Phi) is 5.07. The molecule has 0 bridgehead atoms. The Morgan fingerprint density at radius 1 is 1.13 bits per heavy atom. The van der Waals surface area contributed by atoms with Crippen molar-refractivity contribution >= 4 is 22.6 Å². The second kappa shape index (κ2) is 8.16. The van der Waals surface area contributed by atoms with Crippen molar-refractivity contribution in [3.8, 4) is 5.69 Å². The Bertz CT molecular complexity index is 1120. The standard InChI is InChI=1S/C24H24N4O2/c29-24(26-20-8-3-9-21(15-20)28-13-5-11-25-28)19-7-4-12-27(16-19)17-22-14-18-6-1-2-10-23(18)30-22/h1-3,5-6,8-11,13-15,19H,4,7,12,16-17H2,(H,26,29)/t19-/m1/s1. The SMILES string of the molecule is O=C(Nc1cccc(-n2cccn2)c1)[C@@H]1CCCN(Cc2cc3ccccc3o2)C1. The van der Waals surface area contributed by atoms with Gasteiger partial charge in [0.15, 0.2) is 0 Å².